The summed E-state index contributed by atoms with van der Waals surface area (Å²) in [5.41, 5.74) is -0.0818. The normalized spacial score (nSPS) is 11.0. The monoisotopic (exact) mass is 320 g/mol. The van der Waals surface area contributed by atoms with Gasteiger partial charge in [0.25, 0.3) is 5.91 Å². The molecule has 1 rings (SSSR count). The van der Waals surface area contributed by atoms with Gasteiger partial charge in [0, 0.05) is 6.54 Å². The fourth-order valence-electron chi connectivity index (χ4n) is 1.79. The number of benzene rings is 1. The number of rotatable bonds is 6. The van der Waals surface area contributed by atoms with Gasteiger partial charge in [-0.15, -0.1) is 0 Å². The highest BCUT2D eigenvalue weighted by Crippen LogP contribution is 2.24. The van der Waals surface area contributed by atoms with Crippen molar-refractivity contribution in [3.63, 3.8) is 0 Å². The average Bonchev–Trinajstić information content (AvgIpc) is 2.51. The van der Waals surface area contributed by atoms with E-state index in [0.29, 0.717) is 6.54 Å². The molecule has 6 nitrogen and oxygen atoms in total. The highest BCUT2D eigenvalue weighted by Gasteiger charge is 2.31. The van der Waals surface area contributed by atoms with Crippen LogP contribution in [-0.2, 0) is 19.7 Å². The number of ether oxygens (including phenoxy) is 1. The number of urea groups is 1. The van der Waals surface area contributed by atoms with Crippen molar-refractivity contribution in [1.29, 1.82) is 0 Å². The molecule has 2 N–H and O–H groups in total. The van der Waals surface area contributed by atoms with Crippen molar-refractivity contribution in [1.82, 2.24) is 10.6 Å². The molecule has 23 heavy (non-hydrogen) atoms. The Hall–Kier alpha value is -2.37. The lowest BCUT2D eigenvalue weighted by Gasteiger charge is -2.22. The first-order valence-electron chi connectivity index (χ1n) is 7.54. The Balaban J connectivity index is 2.46. The van der Waals surface area contributed by atoms with Crippen LogP contribution in [0.15, 0.2) is 30.3 Å². The van der Waals surface area contributed by atoms with Crippen LogP contribution in [0, 0.1) is 5.92 Å². The molecule has 1 aromatic rings. The lowest BCUT2D eigenvalue weighted by molar-refractivity contribution is -0.153. The van der Waals surface area contributed by atoms with E-state index in [9.17, 15) is 14.4 Å². The van der Waals surface area contributed by atoms with Crippen LogP contribution in [0.25, 0.3) is 0 Å². The smallest absolute Gasteiger partial charge is 0.321 e. The third-order valence-corrected chi connectivity index (χ3v) is 3.26. The molecule has 0 saturated carbocycles. The molecule has 0 spiro atoms. The van der Waals surface area contributed by atoms with Crippen molar-refractivity contribution < 1.29 is 19.1 Å². The Morgan fingerprint density at radius 2 is 1.74 bits per heavy atom. The standard InChI is InChI=1S/C17H24N2O4/c1-12(2)10-18-16(22)19-14(20)11-23-15(21)17(3,4)13-8-6-5-7-9-13/h5-9,12H,10-11H2,1-4H3,(H2,18,19,20,22). The van der Waals surface area contributed by atoms with Crippen LogP contribution in [0.4, 0.5) is 4.79 Å². The first kappa shape index (κ1) is 18.7. The molecule has 0 heterocycles. The molecule has 0 atom stereocenters. The highest BCUT2D eigenvalue weighted by atomic mass is 16.5. The summed E-state index contributed by atoms with van der Waals surface area (Å²) in [6.45, 7) is 7.28. The van der Waals surface area contributed by atoms with E-state index in [2.05, 4.69) is 10.6 Å². The Morgan fingerprint density at radius 3 is 2.30 bits per heavy atom. The van der Waals surface area contributed by atoms with Gasteiger partial charge in [-0.2, -0.15) is 0 Å². The van der Waals surface area contributed by atoms with E-state index >= 15 is 0 Å². The molecular formula is C17H24N2O4. The van der Waals surface area contributed by atoms with Gasteiger partial charge in [-0.3, -0.25) is 14.9 Å². The fraction of sp³-hybridized carbons (Fsp3) is 0.471. The van der Waals surface area contributed by atoms with Crippen molar-refractivity contribution in [2.45, 2.75) is 33.1 Å². The van der Waals surface area contributed by atoms with Gasteiger partial charge in [0.05, 0.1) is 5.41 Å². The van der Waals surface area contributed by atoms with Gasteiger partial charge in [-0.05, 0) is 25.3 Å². The third-order valence-electron chi connectivity index (χ3n) is 3.26. The number of carbonyl (C=O) groups is 3. The van der Waals surface area contributed by atoms with Crippen LogP contribution >= 0.6 is 0 Å². The van der Waals surface area contributed by atoms with Crippen molar-refractivity contribution in [2.24, 2.45) is 5.92 Å². The molecule has 0 saturated heterocycles. The lowest BCUT2D eigenvalue weighted by Crippen LogP contribution is -2.43. The number of nitrogens with one attached hydrogen (secondary N) is 2. The number of esters is 1. The number of hydrogen-bond acceptors (Lipinski definition) is 4. The molecule has 0 aliphatic carbocycles. The van der Waals surface area contributed by atoms with Crippen molar-refractivity contribution in [3.8, 4) is 0 Å². The zero-order valence-electron chi connectivity index (χ0n) is 14.0. The molecule has 0 unspecified atom stereocenters. The molecule has 0 aromatic heterocycles. The lowest BCUT2D eigenvalue weighted by atomic mass is 9.85. The van der Waals surface area contributed by atoms with E-state index < -0.39 is 29.9 Å². The first-order valence-corrected chi connectivity index (χ1v) is 7.54. The minimum atomic E-state index is -0.874. The molecule has 6 heteroatoms. The van der Waals surface area contributed by atoms with E-state index in [4.69, 9.17) is 4.74 Å². The summed E-state index contributed by atoms with van der Waals surface area (Å²) >= 11 is 0. The Labute approximate surface area is 136 Å². The van der Waals surface area contributed by atoms with Crippen LogP contribution in [0.1, 0.15) is 33.3 Å². The molecule has 126 valence electrons. The number of hydrogen-bond donors (Lipinski definition) is 2. The quantitative estimate of drug-likeness (QED) is 0.785. The molecule has 0 fully saturated rings. The summed E-state index contributed by atoms with van der Waals surface area (Å²) < 4.78 is 5.02. The van der Waals surface area contributed by atoms with E-state index in [0.717, 1.165) is 5.56 Å². The van der Waals surface area contributed by atoms with E-state index in [1.54, 1.807) is 13.8 Å². The largest absolute Gasteiger partial charge is 0.455 e. The number of imide groups is 1. The Bertz CT molecular complexity index is 553. The van der Waals surface area contributed by atoms with Crippen molar-refractivity contribution in [3.05, 3.63) is 35.9 Å². The molecule has 0 radical (unpaired) electrons. The van der Waals surface area contributed by atoms with Gasteiger partial charge in [-0.25, -0.2) is 4.79 Å². The van der Waals surface area contributed by atoms with E-state index in [1.807, 2.05) is 44.2 Å². The molecule has 0 aliphatic rings. The zero-order valence-corrected chi connectivity index (χ0v) is 14.0. The molecule has 0 bridgehead atoms. The zero-order chi connectivity index (χ0) is 17.5. The van der Waals surface area contributed by atoms with Crippen molar-refractivity contribution >= 4 is 17.9 Å². The van der Waals surface area contributed by atoms with E-state index in [-0.39, 0.29) is 5.92 Å². The summed E-state index contributed by atoms with van der Waals surface area (Å²) in [6, 6.07) is 8.56. The highest BCUT2D eigenvalue weighted by molar-refractivity contribution is 5.96. The van der Waals surface area contributed by atoms with Gasteiger partial charge < -0.3 is 10.1 Å². The topological polar surface area (TPSA) is 84.5 Å². The maximum atomic E-state index is 12.2. The third kappa shape index (κ3) is 6.10. The SMILES string of the molecule is CC(C)CNC(=O)NC(=O)COC(=O)C(C)(C)c1ccccc1. The second-order valence-corrected chi connectivity index (χ2v) is 6.22. The maximum absolute atomic E-state index is 12.2. The summed E-state index contributed by atoms with van der Waals surface area (Å²) in [6.07, 6.45) is 0. The van der Waals surface area contributed by atoms with Gasteiger partial charge in [0.2, 0.25) is 0 Å². The number of amides is 3. The molecule has 3 amide bonds. The average molecular weight is 320 g/mol. The minimum Gasteiger partial charge on any atom is -0.455 e. The summed E-state index contributed by atoms with van der Waals surface area (Å²) in [7, 11) is 0. The molecule has 0 aliphatic heterocycles. The Morgan fingerprint density at radius 1 is 1.13 bits per heavy atom. The first-order chi connectivity index (χ1) is 10.7. The summed E-state index contributed by atoms with van der Waals surface area (Å²) in [5.74, 6) is -0.912. The molecular weight excluding hydrogens is 296 g/mol. The second-order valence-electron chi connectivity index (χ2n) is 6.22. The van der Waals surface area contributed by atoms with Crippen molar-refractivity contribution in [2.75, 3.05) is 13.2 Å². The fourth-order valence-corrected chi connectivity index (χ4v) is 1.79. The van der Waals surface area contributed by atoms with Crippen LogP contribution in [-0.4, -0.2) is 31.1 Å². The second kappa shape index (κ2) is 8.31. The predicted molar refractivity (Wildman–Crippen MR) is 86.8 cm³/mol. The Kier molecular flexibility index (Phi) is 6.75. The minimum absolute atomic E-state index is 0.278. The predicted octanol–water partition coefficient (Wildman–Crippen LogP) is 1.99. The van der Waals surface area contributed by atoms with Gasteiger partial charge in [0.1, 0.15) is 0 Å². The van der Waals surface area contributed by atoms with E-state index in [1.165, 1.54) is 0 Å². The van der Waals surface area contributed by atoms with Crippen LogP contribution in [0.5, 0.6) is 0 Å². The molecule has 1 aromatic carbocycles. The van der Waals surface area contributed by atoms with Gasteiger partial charge in [-0.1, -0.05) is 44.2 Å². The van der Waals surface area contributed by atoms with Crippen LogP contribution < -0.4 is 10.6 Å². The summed E-state index contributed by atoms with van der Waals surface area (Å²) in [4.78, 5) is 35.2. The van der Waals surface area contributed by atoms with Crippen LogP contribution in [0.2, 0.25) is 0 Å². The van der Waals surface area contributed by atoms with Gasteiger partial charge >= 0.3 is 12.0 Å². The van der Waals surface area contributed by atoms with Crippen LogP contribution in [0.3, 0.4) is 0 Å². The number of carbonyl (C=O) groups excluding carboxylic acids is 3. The summed E-state index contributed by atoms with van der Waals surface area (Å²) in [5, 5.41) is 4.66. The maximum Gasteiger partial charge on any atom is 0.321 e. The van der Waals surface area contributed by atoms with Gasteiger partial charge in [0.15, 0.2) is 6.61 Å².